The van der Waals surface area contributed by atoms with Crippen LogP contribution in [-0.2, 0) is 15.0 Å². The molecule has 1 aromatic carbocycles. The molecule has 1 saturated heterocycles. The minimum absolute atomic E-state index is 0.0171. The molecule has 0 aromatic heterocycles. The van der Waals surface area contributed by atoms with E-state index < -0.39 is 0 Å². The molecule has 1 N–H and O–H groups in total. The number of nitrogens with one attached hydrogen (secondary N) is 1. The summed E-state index contributed by atoms with van der Waals surface area (Å²) in [4.78, 5) is 26.3. The van der Waals surface area contributed by atoms with Crippen LogP contribution in [-0.4, -0.2) is 36.3 Å². The maximum atomic E-state index is 12.8. The molecule has 148 valence electrons. The van der Waals surface area contributed by atoms with Gasteiger partial charge in [0.25, 0.3) is 0 Å². The van der Waals surface area contributed by atoms with Crippen LogP contribution in [0.25, 0.3) is 0 Å². The van der Waals surface area contributed by atoms with E-state index in [0.29, 0.717) is 24.3 Å². The van der Waals surface area contributed by atoms with E-state index >= 15 is 0 Å². The number of likely N-dealkylation sites (tertiary alicyclic amines) is 1. The number of carbonyl (C=O) groups is 2. The highest BCUT2D eigenvalue weighted by Gasteiger charge is 2.38. The quantitative estimate of drug-likeness (QED) is 0.789. The summed E-state index contributed by atoms with van der Waals surface area (Å²) in [6.07, 6.45) is 5.91. The van der Waals surface area contributed by atoms with Gasteiger partial charge in [0.1, 0.15) is 0 Å². The van der Waals surface area contributed by atoms with Gasteiger partial charge in [-0.1, -0.05) is 45.0 Å². The summed E-state index contributed by atoms with van der Waals surface area (Å²) < 4.78 is 0. The molecule has 1 saturated carbocycles. The predicted octanol–water partition coefficient (Wildman–Crippen LogP) is 4.00. The lowest BCUT2D eigenvalue weighted by atomic mass is 9.87. The number of piperidine rings is 1. The Morgan fingerprint density at radius 1 is 1.15 bits per heavy atom. The van der Waals surface area contributed by atoms with Crippen molar-refractivity contribution in [3.8, 4) is 0 Å². The number of hydrogen-bond donors (Lipinski definition) is 1. The van der Waals surface area contributed by atoms with Gasteiger partial charge in [0.2, 0.25) is 11.8 Å². The number of carbonyl (C=O) groups excluding carboxylic acids is 2. The lowest BCUT2D eigenvalue weighted by molar-refractivity contribution is -0.136. The SMILES string of the molecule is CCC(=O)NC[C@@H](CC)C(=O)N1CCC(c2ccc(C3(C)CC3)cc2)CC1. The first-order chi connectivity index (χ1) is 13.0. The molecule has 1 heterocycles. The highest BCUT2D eigenvalue weighted by Crippen LogP contribution is 2.47. The van der Waals surface area contributed by atoms with Crippen molar-refractivity contribution in [3.63, 3.8) is 0 Å². The summed E-state index contributed by atoms with van der Waals surface area (Å²) in [6, 6.07) is 9.22. The summed E-state index contributed by atoms with van der Waals surface area (Å²) >= 11 is 0. The van der Waals surface area contributed by atoms with Crippen molar-refractivity contribution in [1.29, 1.82) is 0 Å². The molecule has 4 heteroatoms. The van der Waals surface area contributed by atoms with Gasteiger partial charge in [0.15, 0.2) is 0 Å². The largest absolute Gasteiger partial charge is 0.355 e. The number of hydrogen-bond acceptors (Lipinski definition) is 2. The van der Waals surface area contributed by atoms with Crippen LogP contribution in [0.2, 0.25) is 0 Å². The van der Waals surface area contributed by atoms with Crippen molar-refractivity contribution >= 4 is 11.8 Å². The molecule has 3 rings (SSSR count). The molecule has 4 nitrogen and oxygen atoms in total. The molecule has 2 amide bonds. The Kier molecular flexibility index (Phi) is 6.23. The molecule has 1 aliphatic heterocycles. The molecule has 27 heavy (non-hydrogen) atoms. The second kappa shape index (κ2) is 8.45. The second-order valence-electron chi connectivity index (χ2n) is 8.55. The molecule has 2 aliphatic rings. The van der Waals surface area contributed by atoms with Crippen LogP contribution in [0, 0.1) is 5.92 Å². The first-order valence-corrected chi connectivity index (χ1v) is 10.6. The Labute approximate surface area is 163 Å². The van der Waals surface area contributed by atoms with Crippen LogP contribution in [0.1, 0.15) is 76.3 Å². The van der Waals surface area contributed by atoms with Crippen LogP contribution in [0.3, 0.4) is 0 Å². The average Bonchev–Trinajstić information content (AvgIpc) is 3.47. The van der Waals surface area contributed by atoms with Gasteiger partial charge < -0.3 is 10.2 Å². The minimum Gasteiger partial charge on any atom is -0.355 e. The predicted molar refractivity (Wildman–Crippen MR) is 109 cm³/mol. The van der Waals surface area contributed by atoms with Crippen molar-refractivity contribution in [2.45, 2.75) is 70.6 Å². The third kappa shape index (κ3) is 4.72. The average molecular weight is 371 g/mol. The molecule has 0 bridgehead atoms. The van der Waals surface area contributed by atoms with Gasteiger partial charge in [0.05, 0.1) is 5.92 Å². The van der Waals surface area contributed by atoms with Crippen molar-refractivity contribution in [3.05, 3.63) is 35.4 Å². The molecule has 0 unspecified atom stereocenters. The van der Waals surface area contributed by atoms with E-state index in [1.807, 2.05) is 18.7 Å². The normalized spacial score (nSPS) is 20.2. The number of benzene rings is 1. The number of nitrogens with zero attached hydrogens (tertiary/aromatic N) is 1. The van der Waals surface area contributed by atoms with Crippen molar-refractivity contribution in [2.75, 3.05) is 19.6 Å². The van der Waals surface area contributed by atoms with E-state index in [4.69, 9.17) is 0 Å². The minimum atomic E-state index is -0.101. The van der Waals surface area contributed by atoms with E-state index in [1.54, 1.807) is 0 Å². The van der Waals surface area contributed by atoms with Crippen LogP contribution >= 0.6 is 0 Å². The van der Waals surface area contributed by atoms with Crippen LogP contribution in [0.15, 0.2) is 24.3 Å². The first-order valence-electron chi connectivity index (χ1n) is 10.6. The van der Waals surface area contributed by atoms with E-state index in [9.17, 15) is 9.59 Å². The molecule has 0 spiro atoms. The first kappa shape index (κ1) is 19.9. The van der Waals surface area contributed by atoms with Crippen LogP contribution in [0.5, 0.6) is 0 Å². The van der Waals surface area contributed by atoms with E-state index in [2.05, 4.69) is 36.5 Å². The van der Waals surface area contributed by atoms with Gasteiger partial charge in [-0.15, -0.1) is 0 Å². The fourth-order valence-electron chi connectivity index (χ4n) is 4.09. The third-order valence-corrected chi connectivity index (χ3v) is 6.59. The van der Waals surface area contributed by atoms with Crippen LogP contribution in [0.4, 0.5) is 0 Å². The topological polar surface area (TPSA) is 49.4 Å². The fourth-order valence-corrected chi connectivity index (χ4v) is 4.09. The molecule has 1 aromatic rings. The van der Waals surface area contributed by atoms with Crippen molar-refractivity contribution < 1.29 is 9.59 Å². The van der Waals surface area contributed by atoms with Crippen molar-refractivity contribution in [2.24, 2.45) is 5.92 Å². The summed E-state index contributed by atoms with van der Waals surface area (Å²) in [7, 11) is 0. The van der Waals surface area contributed by atoms with Crippen molar-refractivity contribution in [1.82, 2.24) is 10.2 Å². The molecule has 2 fully saturated rings. The van der Waals surface area contributed by atoms with Gasteiger partial charge in [0, 0.05) is 26.1 Å². The Morgan fingerprint density at radius 3 is 2.30 bits per heavy atom. The summed E-state index contributed by atoms with van der Waals surface area (Å²) in [6.45, 7) is 8.31. The van der Waals surface area contributed by atoms with Gasteiger partial charge in [-0.05, 0) is 54.6 Å². The Bertz CT molecular complexity index is 655. The molecular weight excluding hydrogens is 336 g/mol. The zero-order chi connectivity index (χ0) is 19.4. The summed E-state index contributed by atoms with van der Waals surface area (Å²) in [5.74, 6) is 0.665. The molecule has 1 aliphatic carbocycles. The standard InChI is InChI=1S/C23H34N2O2/c1-4-17(16-24-21(26)5-2)22(27)25-14-10-19(11-15-25)18-6-8-20(9-7-18)23(3)12-13-23/h6-9,17,19H,4-5,10-16H2,1-3H3,(H,24,26)/t17-/m1/s1. The third-order valence-electron chi connectivity index (χ3n) is 6.59. The summed E-state index contributed by atoms with van der Waals surface area (Å²) in [5, 5.41) is 2.87. The van der Waals surface area contributed by atoms with Gasteiger partial charge in [-0.2, -0.15) is 0 Å². The zero-order valence-electron chi connectivity index (χ0n) is 17.1. The number of rotatable bonds is 7. The highest BCUT2D eigenvalue weighted by molar-refractivity contribution is 5.81. The van der Waals surface area contributed by atoms with Gasteiger partial charge in [-0.25, -0.2) is 0 Å². The van der Waals surface area contributed by atoms with Gasteiger partial charge in [-0.3, -0.25) is 9.59 Å². The maximum Gasteiger partial charge on any atom is 0.227 e. The highest BCUT2D eigenvalue weighted by atomic mass is 16.2. The summed E-state index contributed by atoms with van der Waals surface area (Å²) in [5.41, 5.74) is 3.31. The van der Waals surface area contributed by atoms with E-state index in [0.717, 1.165) is 32.4 Å². The van der Waals surface area contributed by atoms with E-state index in [-0.39, 0.29) is 17.7 Å². The monoisotopic (exact) mass is 370 g/mol. The molecule has 0 radical (unpaired) electrons. The van der Waals surface area contributed by atoms with Crippen LogP contribution < -0.4 is 5.32 Å². The molecule has 1 atom stereocenters. The number of amides is 2. The Hall–Kier alpha value is -1.84. The Morgan fingerprint density at radius 2 is 1.78 bits per heavy atom. The lowest BCUT2D eigenvalue weighted by Gasteiger charge is -2.34. The second-order valence-corrected chi connectivity index (χ2v) is 8.55. The fraction of sp³-hybridized carbons (Fsp3) is 0.652. The smallest absolute Gasteiger partial charge is 0.227 e. The lowest BCUT2D eigenvalue weighted by Crippen LogP contribution is -2.44. The maximum absolute atomic E-state index is 12.8. The molecular formula is C23H34N2O2. The van der Waals surface area contributed by atoms with Gasteiger partial charge >= 0.3 is 0 Å². The van der Waals surface area contributed by atoms with E-state index in [1.165, 1.54) is 24.0 Å². The Balaban J connectivity index is 1.51. The zero-order valence-corrected chi connectivity index (χ0v) is 17.1.